The first-order valence-electron chi connectivity index (χ1n) is 14.2. The summed E-state index contributed by atoms with van der Waals surface area (Å²) in [5, 5.41) is 0.796. The second-order valence-corrected chi connectivity index (χ2v) is 17.6. The minimum Gasteiger partial charge on any atom is -0.436 e. The maximum atomic E-state index is 15.6. The number of hydrogen-bond acceptors (Lipinski definition) is 6. The van der Waals surface area contributed by atoms with Crippen molar-refractivity contribution in [3.8, 4) is 45.5 Å². The van der Waals surface area contributed by atoms with Crippen molar-refractivity contribution in [1.29, 1.82) is 0 Å². The summed E-state index contributed by atoms with van der Waals surface area (Å²) < 4.78 is 23.3. The standard InChI is InChI=1S/C34H37FN6OSi/c1-20-12-14-37-27(16-20)42-26-11-10-23(18-25(26)35)29-30-32(36)38-19-39-33(30)41(7)31(29)28-21(2)17-24(40-22(28)3)13-15-43(8,9)34(4,5)6/h10-12,14,16-19H,1-9H3,(H2,36,38,39). The molecule has 0 fully saturated rings. The van der Waals surface area contributed by atoms with Crippen LogP contribution < -0.4 is 10.5 Å². The number of anilines is 1. The van der Waals surface area contributed by atoms with E-state index >= 15 is 4.39 Å². The van der Waals surface area contributed by atoms with Crippen LogP contribution in [0.4, 0.5) is 10.2 Å². The van der Waals surface area contributed by atoms with E-state index in [1.807, 2.05) is 50.6 Å². The zero-order valence-electron chi connectivity index (χ0n) is 26.2. The first-order chi connectivity index (χ1) is 20.2. The van der Waals surface area contributed by atoms with Crippen molar-refractivity contribution in [3.05, 3.63) is 77.3 Å². The van der Waals surface area contributed by atoms with Crippen LogP contribution in [0.1, 0.15) is 43.3 Å². The fraction of sp³-hybridized carbons (Fsp3) is 0.294. The molecule has 0 radical (unpaired) electrons. The van der Waals surface area contributed by atoms with Crippen LogP contribution in [0, 0.1) is 38.1 Å². The van der Waals surface area contributed by atoms with Gasteiger partial charge in [-0.15, -0.1) is 5.54 Å². The number of nitrogen functional groups attached to an aromatic ring is 1. The van der Waals surface area contributed by atoms with Gasteiger partial charge in [-0.3, -0.25) is 0 Å². The fourth-order valence-corrected chi connectivity index (χ4v) is 5.74. The van der Waals surface area contributed by atoms with Crippen LogP contribution in [-0.4, -0.2) is 32.6 Å². The molecule has 0 aliphatic heterocycles. The number of aryl methyl sites for hydroxylation is 4. The molecule has 0 saturated heterocycles. The fourth-order valence-electron chi connectivity index (χ4n) is 4.93. The van der Waals surface area contributed by atoms with E-state index in [0.717, 1.165) is 39.3 Å². The predicted molar refractivity (Wildman–Crippen MR) is 174 cm³/mol. The van der Waals surface area contributed by atoms with Crippen molar-refractivity contribution in [2.45, 2.75) is 59.7 Å². The monoisotopic (exact) mass is 592 g/mol. The lowest BCUT2D eigenvalue weighted by atomic mass is 9.95. The van der Waals surface area contributed by atoms with Gasteiger partial charge in [0.05, 0.1) is 11.1 Å². The molecule has 9 heteroatoms. The van der Waals surface area contributed by atoms with Crippen LogP contribution in [0.2, 0.25) is 18.1 Å². The Hall–Kier alpha value is -4.55. The molecule has 0 unspecified atom stereocenters. The van der Waals surface area contributed by atoms with E-state index in [-0.39, 0.29) is 10.8 Å². The minimum absolute atomic E-state index is 0.0755. The van der Waals surface area contributed by atoms with Gasteiger partial charge < -0.3 is 15.0 Å². The summed E-state index contributed by atoms with van der Waals surface area (Å²) >= 11 is 0. The Morgan fingerprint density at radius 2 is 1.72 bits per heavy atom. The summed E-state index contributed by atoms with van der Waals surface area (Å²) in [4.78, 5) is 17.9. The average molecular weight is 593 g/mol. The van der Waals surface area contributed by atoms with E-state index in [0.29, 0.717) is 28.3 Å². The van der Waals surface area contributed by atoms with Crippen molar-refractivity contribution in [3.63, 3.8) is 0 Å². The Labute approximate surface area is 253 Å². The molecular formula is C34H37FN6OSi. The molecule has 4 aromatic heterocycles. The molecule has 2 N–H and O–H groups in total. The third-order valence-corrected chi connectivity index (χ3v) is 12.8. The lowest BCUT2D eigenvalue weighted by Gasteiger charge is -2.31. The zero-order valence-corrected chi connectivity index (χ0v) is 27.2. The van der Waals surface area contributed by atoms with Gasteiger partial charge in [0.1, 0.15) is 31.6 Å². The lowest BCUT2D eigenvalue weighted by molar-refractivity contribution is 0.427. The number of pyridine rings is 2. The van der Waals surface area contributed by atoms with E-state index in [1.54, 1.807) is 18.3 Å². The summed E-state index contributed by atoms with van der Waals surface area (Å²) in [7, 11) is 0.113. The number of aromatic nitrogens is 5. The third kappa shape index (κ3) is 5.63. The number of halogens is 1. The Morgan fingerprint density at radius 3 is 2.37 bits per heavy atom. The first-order valence-corrected chi connectivity index (χ1v) is 17.2. The van der Waals surface area contributed by atoms with Crippen LogP contribution in [0.15, 0.2) is 48.9 Å². The van der Waals surface area contributed by atoms with Crippen molar-refractivity contribution in [1.82, 2.24) is 24.5 Å². The number of rotatable bonds is 4. The summed E-state index contributed by atoms with van der Waals surface area (Å²) in [5.41, 5.74) is 17.2. The first kappa shape index (κ1) is 29.9. The molecule has 5 rings (SSSR count). The summed E-state index contributed by atoms with van der Waals surface area (Å²) in [5.74, 6) is 3.55. The highest BCUT2D eigenvalue weighted by Crippen LogP contribution is 2.44. The van der Waals surface area contributed by atoms with Gasteiger partial charge in [-0.05, 0) is 66.8 Å². The van der Waals surface area contributed by atoms with Crippen LogP contribution in [0.3, 0.4) is 0 Å². The topological polar surface area (TPSA) is 91.7 Å². The molecule has 5 aromatic rings. The van der Waals surface area contributed by atoms with Crippen molar-refractivity contribution in [2.24, 2.45) is 7.05 Å². The quantitative estimate of drug-likeness (QED) is 0.168. The SMILES string of the molecule is Cc1ccnc(Oc2ccc(-c3c(-c4c(C)cc(C#C[Si](C)(C)C(C)(C)C)nc4C)n(C)c4ncnc(N)c34)cc2F)c1. The summed E-state index contributed by atoms with van der Waals surface area (Å²) in [6.45, 7) is 17.3. The predicted octanol–water partition coefficient (Wildman–Crippen LogP) is 7.93. The molecule has 0 saturated carbocycles. The highest BCUT2D eigenvalue weighted by molar-refractivity contribution is 6.87. The molecule has 7 nitrogen and oxygen atoms in total. The van der Waals surface area contributed by atoms with Crippen LogP contribution >= 0.6 is 0 Å². The molecule has 43 heavy (non-hydrogen) atoms. The van der Waals surface area contributed by atoms with E-state index in [2.05, 4.69) is 60.3 Å². The number of nitrogens with zero attached hydrogens (tertiary/aromatic N) is 5. The molecule has 220 valence electrons. The Balaban J connectivity index is 1.67. The molecule has 0 atom stereocenters. The number of fused-ring (bicyclic) bond motifs is 1. The highest BCUT2D eigenvalue weighted by atomic mass is 28.3. The molecule has 4 heterocycles. The molecule has 0 spiro atoms. The van der Waals surface area contributed by atoms with Gasteiger partial charge in [0.15, 0.2) is 11.6 Å². The number of hydrogen-bond donors (Lipinski definition) is 1. The molecule has 0 aliphatic rings. The van der Waals surface area contributed by atoms with Gasteiger partial charge in [-0.1, -0.05) is 45.9 Å². The second kappa shape index (κ2) is 10.9. The van der Waals surface area contributed by atoms with Gasteiger partial charge in [-0.25, -0.2) is 24.3 Å². The Kier molecular flexibility index (Phi) is 7.61. The van der Waals surface area contributed by atoms with Crippen molar-refractivity contribution in [2.75, 3.05) is 5.73 Å². The van der Waals surface area contributed by atoms with E-state index < -0.39 is 13.9 Å². The molecule has 0 aliphatic carbocycles. The van der Waals surface area contributed by atoms with E-state index in [1.165, 1.54) is 12.4 Å². The normalized spacial score (nSPS) is 11.9. The minimum atomic E-state index is -1.81. The molecule has 0 bridgehead atoms. The van der Waals surface area contributed by atoms with Crippen LogP contribution in [0.25, 0.3) is 33.4 Å². The van der Waals surface area contributed by atoms with E-state index in [9.17, 15) is 0 Å². The largest absolute Gasteiger partial charge is 0.436 e. The zero-order chi connectivity index (χ0) is 31.3. The Bertz CT molecular complexity index is 1920. The third-order valence-electron chi connectivity index (χ3n) is 8.33. The van der Waals surface area contributed by atoms with Crippen LogP contribution in [-0.2, 0) is 7.05 Å². The average Bonchev–Trinajstić information content (AvgIpc) is 3.21. The highest BCUT2D eigenvalue weighted by Gasteiger charge is 2.33. The van der Waals surface area contributed by atoms with Gasteiger partial charge in [-0.2, -0.15) is 0 Å². The van der Waals surface area contributed by atoms with E-state index in [4.69, 9.17) is 15.5 Å². The maximum Gasteiger partial charge on any atom is 0.219 e. The van der Waals surface area contributed by atoms with Gasteiger partial charge >= 0.3 is 0 Å². The van der Waals surface area contributed by atoms with Gasteiger partial charge in [0.2, 0.25) is 5.88 Å². The molecule has 1 aromatic carbocycles. The van der Waals surface area contributed by atoms with Crippen molar-refractivity contribution < 1.29 is 9.13 Å². The number of benzene rings is 1. The maximum absolute atomic E-state index is 15.6. The van der Waals surface area contributed by atoms with Crippen molar-refractivity contribution >= 4 is 24.9 Å². The summed E-state index contributed by atoms with van der Waals surface area (Å²) in [6.07, 6.45) is 3.07. The number of nitrogens with two attached hydrogens (primary N) is 1. The Morgan fingerprint density at radius 1 is 0.977 bits per heavy atom. The molecule has 0 amide bonds. The molecular weight excluding hydrogens is 555 g/mol. The smallest absolute Gasteiger partial charge is 0.219 e. The van der Waals surface area contributed by atoms with Gasteiger partial charge in [0.25, 0.3) is 0 Å². The second-order valence-electron chi connectivity index (χ2n) is 12.6. The van der Waals surface area contributed by atoms with Crippen LogP contribution in [0.5, 0.6) is 11.6 Å². The lowest BCUT2D eigenvalue weighted by Crippen LogP contribution is -2.35. The van der Waals surface area contributed by atoms with Gasteiger partial charge in [0, 0.05) is 36.1 Å². The summed E-state index contributed by atoms with van der Waals surface area (Å²) in [6, 6.07) is 10.5. The number of ether oxygens (including phenoxy) is 1.